The van der Waals surface area contributed by atoms with Gasteiger partial charge < -0.3 is 5.11 Å². The lowest BCUT2D eigenvalue weighted by atomic mass is 9.96. The molecule has 0 bridgehead atoms. The molecule has 1 fully saturated rings. The van der Waals surface area contributed by atoms with Crippen molar-refractivity contribution in [2.75, 3.05) is 26.2 Å². The fourth-order valence-corrected chi connectivity index (χ4v) is 5.86. The van der Waals surface area contributed by atoms with Crippen LogP contribution in [0.1, 0.15) is 22.7 Å². The molecule has 172 valence electrons. The summed E-state index contributed by atoms with van der Waals surface area (Å²) in [5.41, 5.74) is 2.70. The van der Waals surface area contributed by atoms with Gasteiger partial charge in [-0.15, -0.1) is 0 Å². The van der Waals surface area contributed by atoms with E-state index in [1.54, 1.807) is 12.1 Å². The van der Waals surface area contributed by atoms with Crippen molar-refractivity contribution in [2.45, 2.75) is 17.4 Å². The normalized spacial score (nSPS) is 16.4. The topological polar surface area (TPSA) is 77.9 Å². The number of piperazine rings is 1. The van der Waals surface area contributed by atoms with Crippen LogP contribution >= 0.6 is 11.6 Å². The van der Waals surface area contributed by atoms with Gasteiger partial charge in [-0.05, 0) is 41.0 Å². The lowest BCUT2D eigenvalue weighted by Crippen LogP contribution is -2.49. The van der Waals surface area contributed by atoms with Gasteiger partial charge in [-0.3, -0.25) is 9.69 Å². The first-order valence-electron chi connectivity index (χ1n) is 10.7. The van der Waals surface area contributed by atoms with E-state index in [-0.39, 0.29) is 17.4 Å². The molecule has 1 unspecified atom stereocenters. The Balaban J connectivity index is 1.54. The van der Waals surface area contributed by atoms with E-state index in [1.165, 1.54) is 16.4 Å². The monoisotopic (exact) mass is 484 g/mol. The van der Waals surface area contributed by atoms with Crippen LogP contribution < -0.4 is 0 Å². The molecule has 0 amide bonds. The SMILES string of the molecule is O=C(O)Cc1cccc(S(=O)(=O)N2CCN(C(c3ccccc3)c3ccc(Cl)cc3)CC2)c1. The van der Waals surface area contributed by atoms with Crippen LogP contribution in [0.2, 0.25) is 5.02 Å². The lowest BCUT2D eigenvalue weighted by Gasteiger charge is -2.39. The number of benzene rings is 3. The zero-order valence-corrected chi connectivity index (χ0v) is 19.5. The Kier molecular flexibility index (Phi) is 7.14. The number of aliphatic carboxylic acids is 1. The molecule has 33 heavy (non-hydrogen) atoms. The average Bonchev–Trinajstić information content (AvgIpc) is 2.81. The largest absolute Gasteiger partial charge is 0.481 e. The first kappa shape index (κ1) is 23.4. The molecule has 3 aromatic carbocycles. The minimum atomic E-state index is -3.71. The van der Waals surface area contributed by atoms with Gasteiger partial charge in [0.25, 0.3) is 0 Å². The first-order valence-corrected chi connectivity index (χ1v) is 12.5. The van der Waals surface area contributed by atoms with Crippen molar-refractivity contribution in [3.05, 3.63) is 101 Å². The second kappa shape index (κ2) is 10.1. The van der Waals surface area contributed by atoms with E-state index < -0.39 is 16.0 Å². The highest BCUT2D eigenvalue weighted by molar-refractivity contribution is 7.89. The van der Waals surface area contributed by atoms with Crippen LogP contribution in [0.3, 0.4) is 0 Å². The molecule has 4 rings (SSSR count). The Morgan fingerprint density at radius 3 is 2.15 bits per heavy atom. The summed E-state index contributed by atoms with van der Waals surface area (Å²) in [5, 5.41) is 9.69. The molecule has 0 aromatic heterocycles. The van der Waals surface area contributed by atoms with E-state index in [0.29, 0.717) is 36.8 Å². The van der Waals surface area contributed by atoms with E-state index in [1.807, 2.05) is 42.5 Å². The minimum Gasteiger partial charge on any atom is -0.481 e. The summed E-state index contributed by atoms with van der Waals surface area (Å²) in [6.45, 7) is 1.83. The molecule has 3 aromatic rings. The summed E-state index contributed by atoms with van der Waals surface area (Å²) >= 11 is 6.10. The van der Waals surface area contributed by atoms with Crippen molar-refractivity contribution in [3.63, 3.8) is 0 Å². The standard InChI is InChI=1S/C25H25ClN2O4S/c26-22-11-9-21(10-12-22)25(20-6-2-1-3-7-20)27-13-15-28(16-14-27)33(31,32)23-8-4-5-19(17-23)18-24(29)30/h1-12,17,25H,13-16,18H2,(H,29,30). The molecule has 1 aliphatic heterocycles. The third kappa shape index (κ3) is 5.45. The lowest BCUT2D eigenvalue weighted by molar-refractivity contribution is -0.136. The van der Waals surface area contributed by atoms with Crippen LogP contribution in [-0.2, 0) is 21.2 Å². The van der Waals surface area contributed by atoms with E-state index in [0.717, 1.165) is 11.1 Å². The number of carbonyl (C=O) groups is 1. The number of hydrogen-bond acceptors (Lipinski definition) is 4. The molecule has 0 spiro atoms. The second-order valence-electron chi connectivity index (χ2n) is 8.02. The number of carboxylic acids is 1. The smallest absolute Gasteiger partial charge is 0.307 e. The summed E-state index contributed by atoms with van der Waals surface area (Å²) in [4.78, 5) is 13.4. The molecule has 8 heteroatoms. The third-order valence-corrected chi connectivity index (χ3v) is 7.98. The Hall–Kier alpha value is -2.71. The van der Waals surface area contributed by atoms with Crippen molar-refractivity contribution in [3.8, 4) is 0 Å². The Morgan fingerprint density at radius 2 is 1.52 bits per heavy atom. The average molecular weight is 485 g/mol. The van der Waals surface area contributed by atoms with Gasteiger partial charge in [0.05, 0.1) is 17.4 Å². The highest BCUT2D eigenvalue weighted by Crippen LogP contribution is 2.31. The molecule has 1 atom stereocenters. The Bertz CT molecular complexity index is 1210. The molecular weight excluding hydrogens is 460 g/mol. The van der Waals surface area contributed by atoms with E-state index in [9.17, 15) is 13.2 Å². The van der Waals surface area contributed by atoms with Gasteiger partial charge in [0.1, 0.15) is 0 Å². The summed E-state index contributed by atoms with van der Waals surface area (Å²) in [7, 11) is -3.71. The summed E-state index contributed by atoms with van der Waals surface area (Å²) < 4.78 is 27.9. The van der Waals surface area contributed by atoms with Crippen molar-refractivity contribution >= 4 is 27.6 Å². The zero-order chi connectivity index (χ0) is 23.4. The van der Waals surface area contributed by atoms with Gasteiger partial charge in [-0.25, -0.2) is 8.42 Å². The summed E-state index contributed by atoms with van der Waals surface area (Å²) in [6, 6.07) is 24.1. The molecule has 1 aliphatic rings. The van der Waals surface area contributed by atoms with Crippen LogP contribution in [0.25, 0.3) is 0 Å². The molecule has 0 saturated carbocycles. The highest BCUT2D eigenvalue weighted by Gasteiger charge is 2.32. The number of rotatable bonds is 7. The molecule has 0 aliphatic carbocycles. The zero-order valence-electron chi connectivity index (χ0n) is 18.0. The van der Waals surface area contributed by atoms with Crippen LogP contribution in [0.4, 0.5) is 0 Å². The Morgan fingerprint density at radius 1 is 0.879 bits per heavy atom. The predicted molar refractivity (Wildman–Crippen MR) is 128 cm³/mol. The van der Waals surface area contributed by atoms with Crippen LogP contribution in [-0.4, -0.2) is 54.9 Å². The van der Waals surface area contributed by atoms with Gasteiger partial charge in [0.15, 0.2) is 0 Å². The number of hydrogen-bond donors (Lipinski definition) is 1. The maximum atomic E-state index is 13.2. The van der Waals surface area contributed by atoms with Crippen molar-refractivity contribution in [2.24, 2.45) is 0 Å². The number of halogens is 1. The maximum absolute atomic E-state index is 13.2. The summed E-state index contributed by atoms with van der Waals surface area (Å²) in [5.74, 6) is -0.993. The Labute approximate surface area is 199 Å². The van der Waals surface area contributed by atoms with Crippen LogP contribution in [0, 0.1) is 0 Å². The van der Waals surface area contributed by atoms with E-state index in [2.05, 4.69) is 17.0 Å². The van der Waals surface area contributed by atoms with Gasteiger partial charge in [-0.1, -0.05) is 66.2 Å². The molecule has 0 radical (unpaired) electrons. The minimum absolute atomic E-state index is 0.00721. The predicted octanol–water partition coefficient (Wildman–Crippen LogP) is 4.06. The van der Waals surface area contributed by atoms with Gasteiger partial charge in [0.2, 0.25) is 10.0 Å². The van der Waals surface area contributed by atoms with Gasteiger partial charge >= 0.3 is 5.97 Å². The van der Waals surface area contributed by atoms with Gasteiger partial charge in [0, 0.05) is 31.2 Å². The van der Waals surface area contributed by atoms with Crippen LogP contribution in [0.5, 0.6) is 0 Å². The second-order valence-corrected chi connectivity index (χ2v) is 10.4. The number of carboxylic acid groups (broad SMARTS) is 1. The molecule has 6 nitrogen and oxygen atoms in total. The number of nitrogens with zero attached hydrogens (tertiary/aromatic N) is 2. The number of sulfonamides is 1. The molecule has 1 heterocycles. The van der Waals surface area contributed by atoms with Crippen molar-refractivity contribution in [1.29, 1.82) is 0 Å². The van der Waals surface area contributed by atoms with E-state index >= 15 is 0 Å². The highest BCUT2D eigenvalue weighted by atomic mass is 35.5. The third-order valence-electron chi connectivity index (χ3n) is 5.83. The summed E-state index contributed by atoms with van der Waals surface area (Å²) in [6.07, 6.45) is -0.211. The van der Waals surface area contributed by atoms with Gasteiger partial charge in [-0.2, -0.15) is 4.31 Å². The van der Waals surface area contributed by atoms with Crippen LogP contribution in [0.15, 0.2) is 83.8 Å². The maximum Gasteiger partial charge on any atom is 0.307 e. The van der Waals surface area contributed by atoms with E-state index in [4.69, 9.17) is 16.7 Å². The molecule has 1 saturated heterocycles. The fourth-order valence-electron chi connectivity index (χ4n) is 4.24. The molecular formula is C25H25ClN2O4S. The fraction of sp³-hybridized carbons (Fsp3) is 0.240. The van der Waals surface area contributed by atoms with Crippen molar-refractivity contribution in [1.82, 2.24) is 9.21 Å². The quantitative estimate of drug-likeness (QED) is 0.547. The van der Waals surface area contributed by atoms with Crippen molar-refractivity contribution < 1.29 is 18.3 Å². The molecule has 1 N–H and O–H groups in total. The first-order chi connectivity index (χ1) is 15.8.